The smallest absolute Gasteiger partial charge is 0.326 e. The number of rotatable bonds is 2. The Morgan fingerprint density at radius 3 is 2.74 bits per heavy atom. The fraction of sp³-hybridized carbons (Fsp3) is 0.800. The van der Waals surface area contributed by atoms with Crippen LogP contribution in [0, 0.1) is 0 Å². The van der Waals surface area contributed by atoms with E-state index in [9.17, 15) is 24.2 Å². The minimum Gasteiger partial charge on any atom is -0.394 e. The molecule has 2 heterocycles. The van der Waals surface area contributed by atoms with Crippen LogP contribution >= 0.6 is 0 Å². The second-order valence-electron chi connectivity index (χ2n) is 4.79. The van der Waals surface area contributed by atoms with Crippen molar-refractivity contribution >= 4 is 11.9 Å². The average Bonchev–Trinajstić information content (AvgIpc) is 2.56. The first-order chi connectivity index (χ1) is 8.78. The number of aliphatic hydroxyl groups excluding tert-OH is 2. The van der Waals surface area contributed by atoms with E-state index in [1.54, 1.807) is 5.32 Å². The summed E-state index contributed by atoms with van der Waals surface area (Å²) >= 11 is 0. The highest BCUT2D eigenvalue weighted by Gasteiger charge is 2.56. The largest absolute Gasteiger partial charge is 0.394 e. The molecule has 8 nitrogen and oxygen atoms in total. The van der Waals surface area contributed by atoms with Gasteiger partial charge in [-0.2, -0.15) is 0 Å². The number of alkyl halides is 1. The van der Waals surface area contributed by atoms with Gasteiger partial charge in [-0.3, -0.25) is 15.0 Å². The maximum atomic E-state index is 13.3. The van der Waals surface area contributed by atoms with Gasteiger partial charge in [-0.25, -0.2) is 9.18 Å². The van der Waals surface area contributed by atoms with Crippen LogP contribution in [0.1, 0.15) is 6.92 Å². The highest BCUT2D eigenvalue weighted by atomic mass is 19.1. The molecular weight excluding hydrogens is 263 g/mol. The number of nitrogens with one attached hydrogen (secondary N) is 1. The number of halogens is 1. The molecule has 1 unspecified atom stereocenters. The molecule has 0 aliphatic carbocycles. The van der Waals surface area contributed by atoms with E-state index >= 15 is 0 Å². The first-order valence-electron chi connectivity index (χ1n) is 5.71. The molecule has 0 aromatic carbocycles. The molecule has 0 bridgehead atoms. The van der Waals surface area contributed by atoms with E-state index in [1.165, 1.54) is 6.92 Å². The average molecular weight is 278 g/mol. The number of ether oxygens (including phenoxy) is 1. The number of amides is 3. The van der Waals surface area contributed by atoms with E-state index < -0.39 is 55.3 Å². The van der Waals surface area contributed by atoms with Gasteiger partial charge in [0.15, 0.2) is 12.4 Å². The molecule has 3 amide bonds. The van der Waals surface area contributed by atoms with Crippen molar-refractivity contribution < 1.29 is 34.0 Å². The van der Waals surface area contributed by atoms with Gasteiger partial charge in [0.2, 0.25) is 0 Å². The van der Waals surface area contributed by atoms with Crippen LogP contribution < -0.4 is 5.32 Å². The van der Waals surface area contributed by atoms with Crippen LogP contribution in [-0.2, 0) is 9.53 Å². The third-order valence-corrected chi connectivity index (χ3v) is 3.35. The van der Waals surface area contributed by atoms with Gasteiger partial charge in [-0.1, -0.05) is 0 Å². The van der Waals surface area contributed by atoms with Gasteiger partial charge in [0, 0.05) is 0 Å². The molecule has 9 heteroatoms. The molecule has 2 fully saturated rings. The lowest BCUT2D eigenvalue weighted by Gasteiger charge is -2.38. The van der Waals surface area contributed by atoms with Crippen molar-refractivity contribution in [2.24, 2.45) is 0 Å². The number of hydrogen-bond donors (Lipinski definition) is 4. The van der Waals surface area contributed by atoms with E-state index in [0.717, 1.165) is 4.90 Å². The lowest BCUT2D eigenvalue weighted by Crippen LogP contribution is -2.63. The van der Waals surface area contributed by atoms with Gasteiger partial charge in [0.1, 0.15) is 17.8 Å². The highest BCUT2D eigenvalue weighted by molar-refractivity contribution is 5.99. The lowest BCUT2D eigenvalue weighted by molar-refractivity contribution is -0.141. The summed E-state index contributed by atoms with van der Waals surface area (Å²) in [5.74, 6) is -1.06. The molecule has 0 aromatic rings. The van der Waals surface area contributed by atoms with Crippen molar-refractivity contribution in [3.05, 3.63) is 0 Å². The summed E-state index contributed by atoms with van der Waals surface area (Å²) in [5.41, 5.74) is -1.88. The minimum atomic E-state index is -1.94. The fourth-order valence-electron chi connectivity index (χ4n) is 2.23. The number of hydrogen-bond acceptors (Lipinski definition) is 6. The first-order valence-corrected chi connectivity index (χ1v) is 5.71. The lowest BCUT2D eigenvalue weighted by atomic mass is 9.95. The Morgan fingerprint density at radius 1 is 1.58 bits per heavy atom. The summed E-state index contributed by atoms with van der Waals surface area (Å²) in [6.45, 7) is 0.0482. The maximum Gasteiger partial charge on any atom is 0.326 e. The van der Waals surface area contributed by atoms with Crippen molar-refractivity contribution in [3.63, 3.8) is 0 Å². The monoisotopic (exact) mass is 278 g/mol. The summed E-state index contributed by atoms with van der Waals surface area (Å²) in [7, 11) is 0. The normalized spacial score (nSPS) is 43.5. The highest BCUT2D eigenvalue weighted by Crippen LogP contribution is 2.33. The molecule has 19 heavy (non-hydrogen) atoms. The Balaban J connectivity index is 2.22. The Kier molecular flexibility index (Phi) is 3.47. The predicted octanol–water partition coefficient (Wildman–Crippen LogP) is -2.29. The zero-order chi connectivity index (χ0) is 14.4. The number of carbonyl (C=O) groups is 2. The van der Waals surface area contributed by atoms with Crippen molar-refractivity contribution in [2.45, 2.75) is 37.1 Å². The number of urea groups is 1. The molecule has 0 spiro atoms. The summed E-state index contributed by atoms with van der Waals surface area (Å²) in [6, 6.07) is -0.921. The van der Waals surface area contributed by atoms with Gasteiger partial charge < -0.3 is 20.1 Å². The van der Waals surface area contributed by atoms with Crippen LogP contribution in [0.2, 0.25) is 0 Å². The molecule has 0 radical (unpaired) electrons. The minimum absolute atomic E-state index is 0.568. The van der Waals surface area contributed by atoms with E-state index in [1.807, 2.05) is 0 Å². The first kappa shape index (κ1) is 14.1. The van der Waals surface area contributed by atoms with Crippen molar-refractivity contribution in [3.8, 4) is 0 Å². The zero-order valence-corrected chi connectivity index (χ0v) is 10.1. The van der Waals surface area contributed by atoms with Gasteiger partial charge >= 0.3 is 6.03 Å². The van der Waals surface area contributed by atoms with Crippen molar-refractivity contribution in [1.82, 2.24) is 10.2 Å². The van der Waals surface area contributed by atoms with E-state index in [-0.39, 0.29) is 0 Å². The molecule has 2 aliphatic heterocycles. The number of imide groups is 1. The van der Waals surface area contributed by atoms with E-state index in [0.29, 0.717) is 0 Å². The molecular formula is C10H15FN2O6. The van der Waals surface area contributed by atoms with Crippen molar-refractivity contribution in [2.75, 3.05) is 13.2 Å². The Hall–Kier alpha value is -1.29. The van der Waals surface area contributed by atoms with Gasteiger partial charge in [0.05, 0.1) is 13.2 Å². The quantitative estimate of drug-likeness (QED) is 0.451. The Bertz CT molecular complexity index is 403. The van der Waals surface area contributed by atoms with Crippen LogP contribution in [0.3, 0.4) is 0 Å². The summed E-state index contributed by atoms with van der Waals surface area (Å²) < 4.78 is 18.5. The Labute approximate surface area is 107 Å². The third kappa shape index (κ3) is 2.18. The Morgan fingerprint density at radius 2 is 2.21 bits per heavy atom. The zero-order valence-electron chi connectivity index (χ0n) is 10.1. The SMILES string of the molecule is C[C@@]1(O)[C@H](O)[C@@H](CO)O[C@H]1N1CC(F)C(=O)NC1=O. The number of nitrogens with zero attached hydrogens (tertiary/aromatic N) is 1. The topological polar surface area (TPSA) is 119 Å². The van der Waals surface area contributed by atoms with Gasteiger partial charge in [-0.15, -0.1) is 0 Å². The van der Waals surface area contributed by atoms with E-state index in [2.05, 4.69) is 0 Å². The molecule has 108 valence electrons. The van der Waals surface area contributed by atoms with Crippen LogP contribution in [0.25, 0.3) is 0 Å². The molecule has 0 aromatic heterocycles. The molecule has 2 rings (SSSR count). The maximum absolute atomic E-state index is 13.3. The van der Waals surface area contributed by atoms with Crippen LogP contribution in [0.5, 0.6) is 0 Å². The van der Waals surface area contributed by atoms with Crippen LogP contribution in [0.4, 0.5) is 9.18 Å². The standard InChI is InChI=1S/C10H15FN2O6/c1-10(18)6(15)5(3-14)19-8(10)13-2-4(11)7(16)12-9(13)17/h4-6,8,14-15,18H,2-3H2,1H3,(H,12,16,17)/t4?,5-,6-,8-,10-/m1/s1. The van der Waals surface area contributed by atoms with Crippen molar-refractivity contribution in [1.29, 1.82) is 0 Å². The van der Waals surface area contributed by atoms with Gasteiger partial charge in [0.25, 0.3) is 5.91 Å². The summed E-state index contributed by atoms with van der Waals surface area (Å²) in [6.07, 6.45) is -5.83. The molecule has 0 saturated carbocycles. The third-order valence-electron chi connectivity index (χ3n) is 3.35. The second kappa shape index (κ2) is 4.67. The number of aliphatic hydroxyl groups is 3. The summed E-state index contributed by atoms with van der Waals surface area (Å²) in [5, 5.41) is 30.7. The predicted molar refractivity (Wildman–Crippen MR) is 57.5 cm³/mol. The number of carbonyl (C=O) groups excluding carboxylic acids is 2. The second-order valence-corrected chi connectivity index (χ2v) is 4.79. The fourth-order valence-corrected chi connectivity index (χ4v) is 2.23. The van der Waals surface area contributed by atoms with Crippen LogP contribution in [-0.4, -0.2) is 75.5 Å². The molecule has 2 aliphatic rings. The molecule has 5 atom stereocenters. The van der Waals surface area contributed by atoms with Gasteiger partial charge in [-0.05, 0) is 6.92 Å². The van der Waals surface area contributed by atoms with E-state index in [4.69, 9.17) is 9.84 Å². The molecule has 2 saturated heterocycles. The molecule has 4 N–H and O–H groups in total. The summed E-state index contributed by atoms with van der Waals surface area (Å²) in [4.78, 5) is 23.4. The van der Waals surface area contributed by atoms with Crippen LogP contribution in [0.15, 0.2) is 0 Å².